The molecule has 2 N–H and O–H groups in total. The van der Waals surface area contributed by atoms with Crippen molar-refractivity contribution in [1.29, 1.82) is 0 Å². The number of aromatic amines is 1. The molecule has 7 nitrogen and oxygen atoms in total. The molecule has 1 unspecified atom stereocenters. The van der Waals surface area contributed by atoms with Crippen LogP contribution in [0.15, 0.2) is 54.2 Å². The fraction of sp³-hybridized carbons (Fsp3) is 0.143. The van der Waals surface area contributed by atoms with Gasteiger partial charge in [0.2, 0.25) is 0 Å². The molecule has 0 bridgehead atoms. The third-order valence-electron chi connectivity index (χ3n) is 5.04. The van der Waals surface area contributed by atoms with Gasteiger partial charge in [-0.1, -0.05) is 0 Å². The van der Waals surface area contributed by atoms with E-state index >= 15 is 4.39 Å². The highest BCUT2D eigenvalue weighted by Crippen LogP contribution is 2.40. The summed E-state index contributed by atoms with van der Waals surface area (Å²) in [6, 6.07) is 6.20. The van der Waals surface area contributed by atoms with Gasteiger partial charge in [0.1, 0.15) is 34.9 Å². The SMILES string of the molecule is CC1=CSC(C)N1c1ccc(F)c(Nc2ncccc2-c2ncnc3nc[nH]c23)c1F. The van der Waals surface area contributed by atoms with Crippen LogP contribution in [0.4, 0.5) is 26.0 Å². The average molecular weight is 437 g/mol. The van der Waals surface area contributed by atoms with Crippen molar-refractivity contribution in [3.8, 4) is 11.3 Å². The summed E-state index contributed by atoms with van der Waals surface area (Å²) < 4.78 is 30.2. The molecule has 10 heteroatoms. The molecule has 4 aromatic rings. The number of hydrogen-bond acceptors (Lipinski definition) is 7. The van der Waals surface area contributed by atoms with Gasteiger partial charge in [-0.15, -0.1) is 11.8 Å². The molecule has 0 spiro atoms. The summed E-state index contributed by atoms with van der Waals surface area (Å²) in [5, 5.41) is 4.82. The third kappa shape index (κ3) is 3.28. The first-order valence-corrected chi connectivity index (χ1v) is 10.4. The van der Waals surface area contributed by atoms with Crippen molar-refractivity contribution in [2.45, 2.75) is 19.2 Å². The minimum Gasteiger partial charge on any atom is -0.341 e. The largest absolute Gasteiger partial charge is 0.341 e. The number of pyridine rings is 1. The normalized spacial score (nSPS) is 16.1. The summed E-state index contributed by atoms with van der Waals surface area (Å²) in [6.07, 6.45) is 4.45. The number of imidazole rings is 1. The monoisotopic (exact) mass is 437 g/mol. The van der Waals surface area contributed by atoms with Crippen molar-refractivity contribution in [1.82, 2.24) is 24.9 Å². The minimum absolute atomic E-state index is 0.00732. The number of anilines is 3. The molecule has 31 heavy (non-hydrogen) atoms. The zero-order valence-corrected chi connectivity index (χ0v) is 17.4. The smallest absolute Gasteiger partial charge is 0.181 e. The number of benzene rings is 1. The van der Waals surface area contributed by atoms with Crippen LogP contribution in [0.5, 0.6) is 0 Å². The van der Waals surface area contributed by atoms with Gasteiger partial charge in [0.25, 0.3) is 0 Å². The fourth-order valence-corrected chi connectivity index (χ4v) is 4.52. The number of thioether (sulfide) groups is 1. The topological polar surface area (TPSA) is 82.6 Å². The minimum atomic E-state index is -0.714. The lowest BCUT2D eigenvalue weighted by Gasteiger charge is -2.26. The Morgan fingerprint density at radius 1 is 1.13 bits per heavy atom. The molecule has 0 amide bonds. The van der Waals surface area contributed by atoms with Crippen LogP contribution in [-0.2, 0) is 0 Å². The average Bonchev–Trinajstić information content (AvgIpc) is 3.38. The van der Waals surface area contributed by atoms with E-state index < -0.39 is 11.6 Å². The van der Waals surface area contributed by atoms with E-state index in [0.717, 1.165) is 5.70 Å². The highest BCUT2D eigenvalue weighted by molar-refractivity contribution is 8.03. The van der Waals surface area contributed by atoms with Crippen molar-refractivity contribution in [2.75, 3.05) is 10.2 Å². The molecular weight excluding hydrogens is 420 g/mol. The number of aromatic nitrogens is 5. The van der Waals surface area contributed by atoms with Crippen LogP contribution < -0.4 is 10.2 Å². The van der Waals surface area contributed by atoms with Gasteiger partial charge in [-0.25, -0.2) is 28.7 Å². The second kappa shape index (κ2) is 7.62. The lowest BCUT2D eigenvalue weighted by molar-refractivity contribution is 0.588. The van der Waals surface area contributed by atoms with Crippen LogP contribution >= 0.6 is 11.8 Å². The molecule has 0 aliphatic carbocycles. The zero-order valence-electron chi connectivity index (χ0n) is 16.6. The first kappa shape index (κ1) is 19.4. The maximum Gasteiger partial charge on any atom is 0.181 e. The number of halogens is 2. The number of hydrogen-bond donors (Lipinski definition) is 2. The number of fused-ring (bicyclic) bond motifs is 1. The Morgan fingerprint density at radius 3 is 2.81 bits per heavy atom. The number of nitrogens with one attached hydrogen (secondary N) is 2. The van der Waals surface area contributed by atoms with Crippen LogP contribution in [0.25, 0.3) is 22.4 Å². The molecule has 156 valence electrons. The van der Waals surface area contributed by atoms with E-state index in [9.17, 15) is 4.39 Å². The lowest BCUT2D eigenvalue weighted by atomic mass is 10.1. The number of allylic oxidation sites excluding steroid dienone is 1. The zero-order chi connectivity index (χ0) is 21.5. The quantitative estimate of drug-likeness (QED) is 0.454. The second-order valence-electron chi connectivity index (χ2n) is 6.97. The molecule has 3 aromatic heterocycles. The first-order valence-electron chi connectivity index (χ1n) is 9.50. The van der Waals surface area contributed by atoms with E-state index in [0.29, 0.717) is 28.1 Å². The molecule has 1 aromatic carbocycles. The molecule has 0 fully saturated rings. The van der Waals surface area contributed by atoms with Crippen molar-refractivity contribution in [3.63, 3.8) is 0 Å². The molecule has 1 aliphatic rings. The van der Waals surface area contributed by atoms with Crippen LogP contribution in [0, 0.1) is 11.6 Å². The Kier molecular flexibility index (Phi) is 4.78. The van der Waals surface area contributed by atoms with E-state index in [4.69, 9.17) is 0 Å². The van der Waals surface area contributed by atoms with Gasteiger partial charge in [0.05, 0.1) is 17.4 Å². The highest BCUT2D eigenvalue weighted by Gasteiger charge is 2.27. The molecule has 0 saturated heterocycles. The molecule has 0 radical (unpaired) electrons. The van der Waals surface area contributed by atoms with Gasteiger partial charge in [-0.05, 0) is 43.5 Å². The summed E-state index contributed by atoms with van der Waals surface area (Å²) in [5.41, 5.74) is 3.10. The summed E-state index contributed by atoms with van der Waals surface area (Å²) in [6.45, 7) is 3.86. The maximum absolute atomic E-state index is 15.5. The van der Waals surface area contributed by atoms with Crippen LogP contribution in [-0.4, -0.2) is 30.3 Å². The Bertz CT molecular complexity index is 1320. The molecule has 0 saturated carbocycles. The Morgan fingerprint density at radius 2 is 2.00 bits per heavy atom. The van der Waals surface area contributed by atoms with Crippen molar-refractivity contribution in [2.24, 2.45) is 0 Å². The van der Waals surface area contributed by atoms with E-state index in [1.165, 1.54) is 24.8 Å². The van der Waals surface area contributed by atoms with Crippen molar-refractivity contribution in [3.05, 3.63) is 65.9 Å². The van der Waals surface area contributed by atoms with E-state index in [1.54, 1.807) is 30.1 Å². The summed E-state index contributed by atoms with van der Waals surface area (Å²) in [5.74, 6) is -1.13. The molecule has 1 atom stereocenters. The van der Waals surface area contributed by atoms with Gasteiger partial charge in [0, 0.05) is 17.5 Å². The van der Waals surface area contributed by atoms with Gasteiger partial charge in [-0.2, -0.15) is 0 Å². The fourth-order valence-electron chi connectivity index (χ4n) is 3.61. The van der Waals surface area contributed by atoms with Crippen LogP contribution in [0.1, 0.15) is 13.8 Å². The second-order valence-corrected chi connectivity index (χ2v) is 8.16. The maximum atomic E-state index is 15.5. The highest BCUT2D eigenvalue weighted by atomic mass is 32.2. The van der Waals surface area contributed by atoms with Gasteiger partial charge >= 0.3 is 0 Å². The van der Waals surface area contributed by atoms with Crippen LogP contribution in [0.2, 0.25) is 0 Å². The van der Waals surface area contributed by atoms with E-state index in [-0.39, 0.29) is 16.9 Å². The number of H-pyrrole nitrogens is 1. The number of rotatable bonds is 4. The molecule has 4 heterocycles. The molecule has 5 rings (SSSR count). The van der Waals surface area contributed by atoms with Crippen molar-refractivity contribution >= 4 is 40.1 Å². The Hall–Kier alpha value is -3.53. The van der Waals surface area contributed by atoms with Crippen molar-refractivity contribution < 1.29 is 8.78 Å². The summed E-state index contributed by atoms with van der Waals surface area (Å²) >= 11 is 1.58. The van der Waals surface area contributed by atoms with Crippen LogP contribution in [0.3, 0.4) is 0 Å². The summed E-state index contributed by atoms with van der Waals surface area (Å²) in [4.78, 5) is 21.7. The Labute approximate surface area is 180 Å². The predicted octanol–water partition coefficient (Wildman–Crippen LogP) is 5.20. The van der Waals surface area contributed by atoms with E-state index in [2.05, 4.69) is 30.2 Å². The van der Waals surface area contributed by atoms with Gasteiger partial charge in [-0.3, -0.25) is 0 Å². The van der Waals surface area contributed by atoms with Gasteiger partial charge < -0.3 is 15.2 Å². The summed E-state index contributed by atoms with van der Waals surface area (Å²) in [7, 11) is 0. The molecule has 1 aliphatic heterocycles. The Balaban J connectivity index is 1.60. The third-order valence-corrected chi connectivity index (χ3v) is 6.12. The lowest BCUT2D eigenvalue weighted by Crippen LogP contribution is -2.25. The first-order chi connectivity index (χ1) is 15.0. The molecular formula is C21H17F2N7S. The number of nitrogens with zero attached hydrogens (tertiary/aromatic N) is 5. The van der Waals surface area contributed by atoms with Gasteiger partial charge in [0.15, 0.2) is 11.5 Å². The standard InChI is InChI=1S/C21H17F2N7S/c1-11-8-31-12(2)30(11)15-6-5-14(22)18(16(15)23)29-20-13(4-3-7-24-20)17-19-21(27-9-25-17)28-10-26-19/h3-10,12H,1-2H3,(H,24,29)(H,25,26,27,28). The predicted molar refractivity (Wildman–Crippen MR) is 118 cm³/mol. The van der Waals surface area contributed by atoms with E-state index in [1.807, 2.05) is 24.2 Å².